The van der Waals surface area contributed by atoms with Crippen molar-refractivity contribution < 1.29 is 19.1 Å². The van der Waals surface area contributed by atoms with Gasteiger partial charge in [0.25, 0.3) is 11.8 Å². The van der Waals surface area contributed by atoms with E-state index < -0.39 is 0 Å². The third kappa shape index (κ3) is 5.16. The van der Waals surface area contributed by atoms with Gasteiger partial charge in [-0.2, -0.15) is 0 Å². The highest BCUT2D eigenvalue weighted by atomic mass is 35.5. The Balaban J connectivity index is 1.41. The summed E-state index contributed by atoms with van der Waals surface area (Å²) in [6, 6.07) is 10.7. The van der Waals surface area contributed by atoms with Crippen LogP contribution in [0.3, 0.4) is 0 Å². The topological polar surface area (TPSA) is 120 Å². The molecule has 1 fully saturated rings. The number of hydrogen-bond acceptors (Lipinski definition) is 8. The van der Waals surface area contributed by atoms with E-state index in [-0.39, 0.29) is 37.2 Å². The Bertz CT molecular complexity index is 1290. The Kier molecular flexibility index (Phi) is 7.08. The summed E-state index contributed by atoms with van der Waals surface area (Å²) in [4.78, 5) is 28.7. The molecule has 0 unspecified atom stereocenters. The molecule has 2 heterocycles. The van der Waals surface area contributed by atoms with Crippen molar-refractivity contribution in [3.8, 4) is 11.5 Å². The van der Waals surface area contributed by atoms with Crippen molar-refractivity contribution >= 4 is 40.6 Å². The monoisotopic (exact) mass is 527 g/mol. The van der Waals surface area contributed by atoms with E-state index >= 15 is 0 Å². The van der Waals surface area contributed by atoms with Gasteiger partial charge in [-0.05, 0) is 86.1 Å². The Labute approximate surface area is 217 Å². The SMILES string of the molecule is Cc1nnsc1C(=O)Nc1ccc(Cl)c(CN(C(=O)c2ccc3c(c2)OCO3)C2CCC(N)CC2)c1. The Morgan fingerprint density at radius 1 is 1.14 bits per heavy atom. The lowest BCUT2D eigenvalue weighted by Gasteiger charge is -2.36. The van der Waals surface area contributed by atoms with Crippen molar-refractivity contribution in [3.05, 3.63) is 63.1 Å². The van der Waals surface area contributed by atoms with Crippen LogP contribution in [-0.4, -0.2) is 45.2 Å². The van der Waals surface area contributed by atoms with E-state index in [0.717, 1.165) is 42.8 Å². The smallest absolute Gasteiger partial charge is 0.269 e. The van der Waals surface area contributed by atoms with Gasteiger partial charge in [-0.15, -0.1) is 5.10 Å². The minimum absolute atomic E-state index is 0.0166. The van der Waals surface area contributed by atoms with Crippen LogP contribution in [0, 0.1) is 6.92 Å². The van der Waals surface area contributed by atoms with Gasteiger partial charge in [0, 0.05) is 34.9 Å². The van der Waals surface area contributed by atoms with Gasteiger partial charge in [0.1, 0.15) is 4.88 Å². The second kappa shape index (κ2) is 10.4. The molecule has 3 aromatic rings. The lowest BCUT2D eigenvalue weighted by atomic mass is 9.90. The Hall–Kier alpha value is -3.21. The van der Waals surface area contributed by atoms with E-state index in [4.69, 9.17) is 26.8 Å². The number of carbonyl (C=O) groups excluding carboxylic acids is 2. The molecule has 9 nitrogen and oxygen atoms in total. The van der Waals surface area contributed by atoms with Crippen molar-refractivity contribution in [2.45, 2.75) is 51.2 Å². The molecular formula is C25H26ClN5O4S. The number of nitrogens with two attached hydrogens (primary N) is 1. The van der Waals surface area contributed by atoms with Gasteiger partial charge >= 0.3 is 0 Å². The first-order valence-corrected chi connectivity index (χ1v) is 12.9. The van der Waals surface area contributed by atoms with Gasteiger partial charge in [0.05, 0.1) is 5.69 Å². The van der Waals surface area contributed by atoms with Crippen LogP contribution in [0.2, 0.25) is 5.02 Å². The van der Waals surface area contributed by atoms with Crippen LogP contribution in [0.4, 0.5) is 5.69 Å². The quantitative estimate of drug-likeness (QED) is 0.487. The van der Waals surface area contributed by atoms with Crippen LogP contribution in [-0.2, 0) is 6.54 Å². The molecule has 1 aromatic heterocycles. The standard InChI is InChI=1S/C25H26ClN5O4S/c1-14-23(36-30-29-14)24(32)28-18-5-8-20(26)16(10-18)12-31(19-6-3-17(27)4-7-19)25(33)15-2-9-21-22(11-15)35-13-34-21/h2,5,8-11,17,19H,3-4,6-7,12-13,27H2,1H3,(H,28,32). The summed E-state index contributed by atoms with van der Waals surface area (Å²) in [7, 11) is 0. The van der Waals surface area contributed by atoms with E-state index in [2.05, 4.69) is 14.9 Å². The van der Waals surface area contributed by atoms with E-state index in [0.29, 0.717) is 38.3 Å². The average Bonchev–Trinajstić information content (AvgIpc) is 3.53. The number of fused-ring (bicyclic) bond motifs is 1. The second-order valence-corrected chi connectivity index (χ2v) is 10.2. The molecule has 1 aliphatic heterocycles. The highest BCUT2D eigenvalue weighted by molar-refractivity contribution is 7.08. The summed E-state index contributed by atoms with van der Waals surface area (Å²) >= 11 is 7.61. The fraction of sp³-hybridized carbons (Fsp3) is 0.360. The summed E-state index contributed by atoms with van der Waals surface area (Å²) in [5.74, 6) is 0.776. The number of aryl methyl sites for hydroxylation is 1. The highest BCUT2D eigenvalue weighted by Crippen LogP contribution is 2.34. The third-order valence-corrected chi connectivity index (χ3v) is 7.76. The number of anilines is 1. The molecule has 1 saturated carbocycles. The largest absolute Gasteiger partial charge is 0.454 e. The molecular weight excluding hydrogens is 502 g/mol. The summed E-state index contributed by atoms with van der Waals surface area (Å²) in [5, 5.41) is 7.29. The number of carbonyl (C=O) groups is 2. The first-order chi connectivity index (χ1) is 17.4. The lowest BCUT2D eigenvalue weighted by Crippen LogP contribution is -2.43. The van der Waals surface area contributed by atoms with E-state index in [1.54, 1.807) is 43.3 Å². The lowest BCUT2D eigenvalue weighted by molar-refractivity contribution is 0.0606. The maximum Gasteiger partial charge on any atom is 0.269 e. The maximum absolute atomic E-state index is 13.8. The number of nitrogens with zero attached hydrogens (tertiary/aromatic N) is 3. The van der Waals surface area contributed by atoms with Gasteiger partial charge in [-0.3, -0.25) is 9.59 Å². The number of halogens is 1. The number of aromatic nitrogens is 2. The minimum Gasteiger partial charge on any atom is -0.454 e. The molecule has 0 spiro atoms. The number of ether oxygens (including phenoxy) is 2. The van der Waals surface area contributed by atoms with Crippen LogP contribution in [0.1, 0.15) is 57.0 Å². The average molecular weight is 528 g/mol. The Morgan fingerprint density at radius 2 is 1.92 bits per heavy atom. The maximum atomic E-state index is 13.8. The summed E-state index contributed by atoms with van der Waals surface area (Å²) in [6.07, 6.45) is 3.32. The number of amides is 2. The van der Waals surface area contributed by atoms with E-state index in [1.807, 2.05) is 4.90 Å². The van der Waals surface area contributed by atoms with Gasteiger partial charge in [0.2, 0.25) is 6.79 Å². The number of hydrogen-bond donors (Lipinski definition) is 2. The summed E-state index contributed by atoms with van der Waals surface area (Å²) in [5.41, 5.74) is 8.54. The van der Waals surface area contributed by atoms with E-state index in [9.17, 15) is 9.59 Å². The van der Waals surface area contributed by atoms with E-state index in [1.165, 1.54) is 0 Å². The van der Waals surface area contributed by atoms with Crippen LogP contribution < -0.4 is 20.5 Å². The van der Waals surface area contributed by atoms with Crippen LogP contribution in [0.25, 0.3) is 0 Å². The Morgan fingerprint density at radius 3 is 2.67 bits per heavy atom. The first kappa shape index (κ1) is 24.5. The van der Waals surface area contributed by atoms with Gasteiger partial charge in [-0.1, -0.05) is 16.1 Å². The zero-order chi connectivity index (χ0) is 25.2. The van der Waals surface area contributed by atoms with Crippen LogP contribution in [0.15, 0.2) is 36.4 Å². The molecule has 36 heavy (non-hydrogen) atoms. The predicted molar refractivity (Wildman–Crippen MR) is 137 cm³/mol. The predicted octanol–water partition coefficient (Wildman–Crippen LogP) is 4.39. The molecule has 0 saturated heterocycles. The van der Waals surface area contributed by atoms with Gasteiger partial charge < -0.3 is 25.4 Å². The molecule has 0 bridgehead atoms. The highest BCUT2D eigenvalue weighted by Gasteiger charge is 2.30. The van der Waals surface area contributed by atoms with Crippen LogP contribution >= 0.6 is 23.1 Å². The zero-order valence-corrected chi connectivity index (χ0v) is 21.3. The summed E-state index contributed by atoms with van der Waals surface area (Å²) < 4.78 is 14.7. The van der Waals surface area contributed by atoms with Crippen molar-refractivity contribution in [2.75, 3.05) is 12.1 Å². The normalized spacial score (nSPS) is 18.6. The number of rotatable bonds is 6. The number of nitrogens with one attached hydrogen (secondary N) is 1. The molecule has 2 aliphatic rings. The molecule has 0 radical (unpaired) electrons. The van der Waals surface area contributed by atoms with Crippen molar-refractivity contribution in [2.24, 2.45) is 5.73 Å². The molecule has 0 atom stereocenters. The third-order valence-electron chi connectivity index (χ3n) is 6.56. The molecule has 2 aromatic carbocycles. The number of benzene rings is 2. The first-order valence-electron chi connectivity index (χ1n) is 11.7. The fourth-order valence-electron chi connectivity index (χ4n) is 4.56. The molecule has 3 N–H and O–H groups in total. The molecule has 2 amide bonds. The van der Waals surface area contributed by atoms with Crippen molar-refractivity contribution in [1.82, 2.24) is 14.5 Å². The molecule has 5 rings (SSSR count). The van der Waals surface area contributed by atoms with Crippen molar-refractivity contribution in [1.29, 1.82) is 0 Å². The van der Waals surface area contributed by atoms with Crippen LogP contribution in [0.5, 0.6) is 11.5 Å². The minimum atomic E-state index is -0.287. The second-order valence-electron chi connectivity index (χ2n) is 9.02. The zero-order valence-electron chi connectivity index (χ0n) is 19.7. The fourth-order valence-corrected chi connectivity index (χ4v) is 5.29. The molecule has 188 valence electrons. The van der Waals surface area contributed by atoms with Crippen molar-refractivity contribution in [3.63, 3.8) is 0 Å². The van der Waals surface area contributed by atoms with Gasteiger partial charge in [0.15, 0.2) is 11.5 Å². The molecule has 11 heteroatoms. The van der Waals surface area contributed by atoms with Gasteiger partial charge in [-0.25, -0.2) is 0 Å². The molecule has 1 aliphatic carbocycles. The summed E-state index contributed by atoms with van der Waals surface area (Å²) in [6.45, 7) is 2.17.